The van der Waals surface area contributed by atoms with Gasteiger partial charge in [0.1, 0.15) is 5.54 Å². The number of piperidine rings is 1. The summed E-state index contributed by atoms with van der Waals surface area (Å²) in [4.78, 5) is 43.0. The summed E-state index contributed by atoms with van der Waals surface area (Å²) in [5, 5.41) is 9.52. The zero-order valence-corrected chi connectivity index (χ0v) is 15.6. The average Bonchev–Trinajstić information content (AvgIpc) is 3.49. The predicted octanol–water partition coefficient (Wildman–Crippen LogP) is 1.21. The fourth-order valence-corrected chi connectivity index (χ4v) is 4.35. The van der Waals surface area contributed by atoms with Crippen LogP contribution in [-0.4, -0.2) is 69.9 Å². The summed E-state index contributed by atoms with van der Waals surface area (Å²) < 4.78 is 0. The van der Waals surface area contributed by atoms with Crippen LogP contribution in [-0.2, 0) is 16.1 Å². The lowest BCUT2D eigenvalue weighted by Crippen LogP contribution is -2.58. The van der Waals surface area contributed by atoms with E-state index in [2.05, 4.69) is 0 Å². The summed E-state index contributed by atoms with van der Waals surface area (Å²) in [7, 11) is 1.53. The van der Waals surface area contributed by atoms with Crippen LogP contribution in [0.3, 0.4) is 0 Å². The number of amides is 4. The van der Waals surface area contributed by atoms with Crippen LogP contribution in [0.1, 0.15) is 31.2 Å². The Hall–Kier alpha value is -2.41. The first-order chi connectivity index (χ1) is 12.9. The Morgan fingerprint density at radius 1 is 1.07 bits per heavy atom. The molecule has 2 aliphatic heterocycles. The van der Waals surface area contributed by atoms with Crippen molar-refractivity contribution >= 4 is 17.8 Å². The second-order valence-corrected chi connectivity index (χ2v) is 7.98. The minimum atomic E-state index is -0.881. The highest BCUT2D eigenvalue weighted by Crippen LogP contribution is 2.48. The molecule has 4 amide bonds. The molecule has 0 radical (unpaired) electrons. The lowest BCUT2D eigenvalue weighted by atomic mass is 9.85. The van der Waals surface area contributed by atoms with E-state index in [1.54, 1.807) is 9.80 Å². The molecule has 7 nitrogen and oxygen atoms in total. The summed E-state index contributed by atoms with van der Waals surface area (Å²) in [5.41, 5.74) is -0.501. The van der Waals surface area contributed by atoms with E-state index in [0.717, 1.165) is 18.4 Å². The molecule has 1 spiro atoms. The smallest absolute Gasteiger partial charge is 0.327 e. The Balaban J connectivity index is 1.54. The lowest BCUT2D eigenvalue weighted by Gasteiger charge is -2.43. The van der Waals surface area contributed by atoms with E-state index in [9.17, 15) is 19.5 Å². The predicted molar refractivity (Wildman–Crippen MR) is 97.4 cm³/mol. The number of likely N-dealkylation sites (N-methyl/N-ethyl adjacent to an activating group) is 1. The first-order valence-electron chi connectivity index (χ1n) is 9.47. The summed E-state index contributed by atoms with van der Waals surface area (Å²) in [5.74, 6) is -0.196. The van der Waals surface area contributed by atoms with Crippen molar-refractivity contribution in [2.24, 2.45) is 5.41 Å². The maximum absolute atomic E-state index is 13.0. The molecule has 4 rings (SSSR count). The number of nitrogens with zero attached hydrogens (tertiary/aromatic N) is 3. The van der Waals surface area contributed by atoms with Gasteiger partial charge in [0.05, 0.1) is 12.0 Å². The number of likely N-dealkylation sites (tertiary alicyclic amines) is 1. The van der Waals surface area contributed by atoms with Gasteiger partial charge in [-0.25, -0.2) is 4.79 Å². The third kappa shape index (κ3) is 2.72. The van der Waals surface area contributed by atoms with Gasteiger partial charge in [0.2, 0.25) is 5.91 Å². The molecule has 144 valence electrons. The first-order valence-corrected chi connectivity index (χ1v) is 9.47. The monoisotopic (exact) mass is 371 g/mol. The third-order valence-corrected chi connectivity index (χ3v) is 6.41. The van der Waals surface area contributed by atoms with Crippen LogP contribution in [0.5, 0.6) is 0 Å². The molecule has 2 saturated heterocycles. The number of urea groups is 1. The molecule has 1 aromatic carbocycles. The molecule has 7 heteroatoms. The third-order valence-electron chi connectivity index (χ3n) is 6.41. The van der Waals surface area contributed by atoms with E-state index in [0.29, 0.717) is 32.5 Å². The van der Waals surface area contributed by atoms with Crippen molar-refractivity contribution in [3.63, 3.8) is 0 Å². The standard InChI is InChI=1S/C20H25N3O4/c1-21-17(26)20(23(18(21)27)13-15-5-3-2-4-6-15)9-11-22(12-10-20)16(25)19(14-24)7-8-19/h2-6,24H,7-14H2,1H3. The first kappa shape index (κ1) is 18.0. The van der Waals surface area contributed by atoms with Gasteiger partial charge in [0.15, 0.2) is 0 Å². The normalized spacial score (nSPS) is 23.3. The van der Waals surface area contributed by atoms with Gasteiger partial charge in [-0.1, -0.05) is 30.3 Å². The molecule has 1 aliphatic carbocycles. The Bertz CT molecular complexity index is 767. The number of benzene rings is 1. The SMILES string of the molecule is CN1C(=O)N(Cc2ccccc2)C2(CCN(C(=O)C3(CO)CC3)CC2)C1=O. The maximum atomic E-state index is 13.0. The second kappa shape index (κ2) is 6.34. The highest BCUT2D eigenvalue weighted by Gasteiger charge is 2.58. The number of aliphatic hydroxyl groups is 1. The summed E-state index contributed by atoms with van der Waals surface area (Å²) in [6.07, 6.45) is 2.32. The molecular formula is C20H25N3O4. The van der Waals surface area contributed by atoms with E-state index >= 15 is 0 Å². The molecule has 0 unspecified atom stereocenters. The van der Waals surface area contributed by atoms with Crippen molar-refractivity contribution in [3.8, 4) is 0 Å². The van der Waals surface area contributed by atoms with Crippen molar-refractivity contribution in [2.75, 3.05) is 26.7 Å². The molecule has 0 aromatic heterocycles. The van der Waals surface area contributed by atoms with Gasteiger partial charge in [-0.3, -0.25) is 14.5 Å². The summed E-state index contributed by atoms with van der Waals surface area (Å²) in [6, 6.07) is 9.36. The highest BCUT2D eigenvalue weighted by atomic mass is 16.3. The maximum Gasteiger partial charge on any atom is 0.327 e. The van der Waals surface area contributed by atoms with Gasteiger partial charge >= 0.3 is 6.03 Å². The number of rotatable bonds is 4. The van der Waals surface area contributed by atoms with Gasteiger partial charge < -0.3 is 14.9 Å². The van der Waals surface area contributed by atoms with Gasteiger partial charge in [0, 0.05) is 26.7 Å². The van der Waals surface area contributed by atoms with E-state index in [-0.39, 0.29) is 24.5 Å². The molecule has 0 bridgehead atoms. The van der Waals surface area contributed by atoms with Gasteiger partial charge in [-0.2, -0.15) is 0 Å². The van der Waals surface area contributed by atoms with Crippen LogP contribution >= 0.6 is 0 Å². The van der Waals surface area contributed by atoms with Crippen molar-refractivity contribution in [1.29, 1.82) is 0 Å². The molecule has 1 aromatic rings. The van der Waals surface area contributed by atoms with Crippen molar-refractivity contribution < 1.29 is 19.5 Å². The van der Waals surface area contributed by atoms with Crippen LogP contribution in [0.4, 0.5) is 4.79 Å². The van der Waals surface area contributed by atoms with Crippen LogP contribution in [0.25, 0.3) is 0 Å². The lowest BCUT2D eigenvalue weighted by molar-refractivity contribution is -0.145. The molecule has 3 fully saturated rings. The summed E-state index contributed by atoms with van der Waals surface area (Å²) >= 11 is 0. The molecule has 0 atom stereocenters. The number of aliphatic hydroxyl groups excluding tert-OH is 1. The topological polar surface area (TPSA) is 81.2 Å². The molecule has 27 heavy (non-hydrogen) atoms. The molecule has 1 saturated carbocycles. The number of carbonyl (C=O) groups is 3. The van der Waals surface area contributed by atoms with Crippen LogP contribution in [0.2, 0.25) is 0 Å². The zero-order valence-electron chi connectivity index (χ0n) is 15.6. The Kier molecular flexibility index (Phi) is 4.22. The fraction of sp³-hybridized carbons (Fsp3) is 0.550. The minimum absolute atomic E-state index is 0.0143. The zero-order chi connectivity index (χ0) is 19.2. The number of imide groups is 1. The van der Waals surface area contributed by atoms with Crippen molar-refractivity contribution in [3.05, 3.63) is 35.9 Å². The van der Waals surface area contributed by atoms with Gasteiger partial charge in [-0.05, 0) is 31.2 Å². The van der Waals surface area contributed by atoms with Crippen LogP contribution in [0.15, 0.2) is 30.3 Å². The van der Waals surface area contributed by atoms with E-state index in [1.165, 1.54) is 11.9 Å². The van der Waals surface area contributed by atoms with E-state index < -0.39 is 11.0 Å². The Morgan fingerprint density at radius 2 is 1.70 bits per heavy atom. The van der Waals surface area contributed by atoms with Crippen LogP contribution < -0.4 is 0 Å². The van der Waals surface area contributed by atoms with Gasteiger partial charge in [-0.15, -0.1) is 0 Å². The molecular weight excluding hydrogens is 346 g/mol. The Labute approximate surface area is 158 Å². The second-order valence-electron chi connectivity index (χ2n) is 7.98. The highest BCUT2D eigenvalue weighted by molar-refractivity contribution is 6.07. The molecule has 1 N–H and O–H groups in total. The average molecular weight is 371 g/mol. The fourth-order valence-electron chi connectivity index (χ4n) is 4.35. The van der Waals surface area contributed by atoms with Crippen molar-refractivity contribution in [1.82, 2.24) is 14.7 Å². The van der Waals surface area contributed by atoms with E-state index in [1.807, 2.05) is 30.3 Å². The number of hydrogen-bond donors (Lipinski definition) is 1. The number of hydrogen-bond acceptors (Lipinski definition) is 4. The summed E-state index contributed by atoms with van der Waals surface area (Å²) in [6.45, 7) is 1.12. The molecule has 2 heterocycles. The largest absolute Gasteiger partial charge is 0.395 e. The minimum Gasteiger partial charge on any atom is -0.395 e. The van der Waals surface area contributed by atoms with E-state index in [4.69, 9.17) is 0 Å². The Morgan fingerprint density at radius 3 is 2.26 bits per heavy atom. The molecule has 3 aliphatic rings. The van der Waals surface area contributed by atoms with Crippen molar-refractivity contribution in [2.45, 2.75) is 37.8 Å². The van der Waals surface area contributed by atoms with Crippen LogP contribution in [0, 0.1) is 5.41 Å². The van der Waals surface area contributed by atoms with Gasteiger partial charge in [0.25, 0.3) is 5.91 Å². The number of carbonyl (C=O) groups excluding carboxylic acids is 3. The quantitative estimate of drug-likeness (QED) is 0.807.